The molecule has 0 bridgehead atoms. The van der Waals surface area contributed by atoms with E-state index >= 15 is 0 Å². The lowest BCUT2D eigenvalue weighted by atomic mass is 9.62. The summed E-state index contributed by atoms with van der Waals surface area (Å²) in [4.78, 5) is 3.56. The number of allylic oxidation sites excluding steroid dienone is 9. The predicted octanol–water partition coefficient (Wildman–Crippen LogP) is 18.6. The molecule has 0 spiro atoms. The number of thiol groups is 1. The van der Waals surface area contributed by atoms with Gasteiger partial charge in [-0.15, -0.1) is 12.6 Å². The van der Waals surface area contributed by atoms with Gasteiger partial charge in [0.1, 0.15) is 0 Å². The van der Waals surface area contributed by atoms with Crippen LogP contribution in [-0.4, -0.2) is 0 Å². The molecule has 0 saturated carbocycles. The molecule has 4 aliphatic rings. The van der Waals surface area contributed by atoms with E-state index in [1.165, 1.54) is 89.4 Å². The van der Waals surface area contributed by atoms with E-state index in [1.54, 1.807) is 5.57 Å². The summed E-state index contributed by atoms with van der Waals surface area (Å²) >= 11 is 5.01. The molecule has 2 nitrogen and oxygen atoms in total. The van der Waals surface area contributed by atoms with Gasteiger partial charge in [-0.05, 0) is 185 Å². The summed E-state index contributed by atoms with van der Waals surface area (Å²) in [5, 5.41) is 4.07. The van der Waals surface area contributed by atoms with Crippen molar-refractivity contribution < 1.29 is 0 Å². The molecule has 6 aromatic carbocycles. The molecule has 0 fully saturated rings. The van der Waals surface area contributed by atoms with Gasteiger partial charge in [0.05, 0.1) is 5.69 Å². The van der Waals surface area contributed by atoms with E-state index in [4.69, 9.17) is 12.6 Å². The largest absolute Gasteiger partial charge is 0.355 e. The van der Waals surface area contributed by atoms with Crippen molar-refractivity contribution in [3.8, 4) is 22.3 Å². The van der Waals surface area contributed by atoms with Gasteiger partial charge in [-0.3, -0.25) is 0 Å². The Labute approximate surface area is 412 Å². The molecule has 0 aliphatic heterocycles. The first-order chi connectivity index (χ1) is 32.5. The number of rotatable bonds is 8. The Bertz CT molecular complexity index is 3150. The third-order valence-electron chi connectivity index (χ3n) is 16.1. The van der Waals surface area contributed by atoms with Crippen LogP contribution in [0.5, 0.6) is 0 Å². The third kappa shape index (κ3) is 7.66. The molecule has 0 amide bonds. The first-order valence-electron chi connectivity index (χ1n) is 24.9. The number of benzene rings is 6. The highest BCUT2D eigenvalue weighted by Crippen LogP contribution is 2.58. The number of aryl methyl sites for hydroxylation is 1. The number of fused-ring (bicyclic) bond motifs is 4. The third-order valence-corrected chi connectivity index (χ3v) is 16.4. The highest BCUT2D eigenvalue weighted by Gasteiger charge is 2.42. The average molecular weight is 909 g/mol. The van der Waals surface area contributed by atoms with Gasteiger partial charge < -0.3 is 10.2 Å². The molecule has 1 atom stereocenters. The van der Waals surface area contributed by atoms with E-state index in [1.807, 2.05) is 6.08 Å². The van der Waals surface area contributed by atoms with Crippen LogP contribution in [0.2, 0.25) is 0 Å². The summed E-state index contributed by atoms with van der Waals surface area (Å²) in [6, 6.07) is 43.2. The molecule has 1 unspecified atom stereocenters. The molecular weight excluding hydrogens is 841 g/mol. The van der Waals surface area contributed by atoms with E-state index in [9.17, 15) is 0 Å². The van der Waals surface area contributed by atoms with Crippen molar-refractivity contribution in [2.24, 2.45) is 0 Å². The first kappa shape index (κ1) is 45.7. The van der Waals surface area contributed by atoms with Crippen LogP contribution >= 0.6 is 12.6 Å². The van der Waals surface area contributed by atoms with Crippen molar-refractivity contribution in [1.82, 2.24) is 0 Å². The smallest absolute Gasteiger partial charge is 0.0537 e. The minimum absolute atomic E-state index is 0.0180. The summed E-state index contributed by atoms with van der Waals surface area (Å²) < 4.78 is 0. The predicted molar refractivity (Wildman–Crippen MR) is 296 cm³/mol. The van der Waals surface area contributed by atoms with Gasteiger partial charge in [0.2, 0.25) is 0 Å². The Morgan fingerprint density at radius 1 is 0.735 bits per heavy atom. The fraction of sp³-hybridized carbons (Fsp3) is 0.292. The van der Waals surface area contributed by atoms with Gasteiger partial charge in [-0.25, -0.2) is 0 Å². The second-order valence-electron chi connectivity index (χ2n) is 22.0. The van der Waals surface area contributed by atoms with Crippen LogP contribution in [0.4, 0.5) is 22.7 Å². The molecule has 10 rings (SSSR count). The van der Waals surface area contributed by atoms with Crippen LogP contribution in [0, 0.1) is 13.8 Å². The van der Waals surface area contributed by atoms with Gasteiger partial charge in [-0.1, -0.05) is 157 Å². The number of hydrogen-bond acceptors (Lipinski definition) is 3. The van der Waals surface area contributed by atoms with Crippen LogP contribution in [0.15, 0.2) is 168 Å². The lowest BCUT2D eigenvalue weighted by molar-refractivity contribution is 0.332. The molecule has 3 heteroatoms. The van der Waals surface area contributed by atoms with Crippen molar-refractivity contribution in [3.05, 3.63) is 207 Å². The van der Waals surface area contributed by atoms with Crippen LogP contribution < -0.4 is 10.2 Å². The van der Waals surface area contributed by atoms with Gasteiger partial charge >= 0.3 is 0 Å². The fourth-order valence-corrected chi connectivity index (χ4v) is 12.7. The standard InChI is InChI=1S/C65H68N2S/c1-12-20-50-49-25-18-19-26-54(49)65(10,11)62(50)43(5)67(58-32-31-47(68)36-51(58)44-21-14-13-15-22-44)59-38-52-48-24-17-16-23-45(48)35-41(3)60(52)61(42(59)4)53-37-55-56(64(8,9)34-33-63(55,6)7)39-57(53)66-46-29-27-40(2)28-30-46/h12-15,17-22,24-32,36-39,41,66,68H,1,16,23,33-35H2,2-11H3/b50-20-,62-43-. The SMILES string of the molecule is C=C/C=C1\C(=C(/C)N(c2ccc(S)cc2-c2ccccc2)c2cc3c(c(-c4cc5c(cc4Nc4ccc(C)cc4)C(C)(C)CCC5(C)C)c2C)C(C)CC2=C3C=CCC2)C(C)(C)c2ccccc21. The van der Waals surface area contributed by atoms with Crippen LogP contribution in [0.25, 0.3) is 33.4 Å². The second kappa shape index (κ2) is 17.2. The van der Waals surface area contributed by atoms with E-state index in [2.05, 4.69) is 220 Å². The topological polar surface area (TPSA) is 15.3 Å². The molecule has 6 aromatic rings. The van der Waals surface area contributed by atoms with E-state index < -0.39 is 0 Å². The molecule has 0 heterocycles. The van der Waals surface area contributed by atoms with Gasteiger partial charge in [0, 0.05) is 44.2 Å². The summed E-state index contributed by atoms with van der Waals surface area (Å²) in [5.41, 5.74) is 26.8. The molecule has 0 aromatic heterocycles. The normalized spacial score (nSPS) is 19.8. The second-order valence-corrected chi connectivity index (χ2v) is 22.5. The molecule has 68 heavy (non-hydrogen) atoms. The summed E-state index contributed by atoms with van der Waals surface area (Å²) in [6.07, 6.45) is 14.6. The maximum atomic E-state index is 5.01. The number of hydrogen-bond donors (Lipinski definition) is 2. The highest BCUT2D eigenvalue weighted by atomic mass is 32.1. The van der Waals surface area contributed by atoms with Crippen LogP contribution in [0.1, 0.15) is 138 Å². The van der Waals surface area contributed by atoms with Crippen molar-refractivity contribution in [1.29, 1.82) is 0 Å². The fourth-order valence-electron chi connectivity index (χ4n) is 12.5. The van der Waals surface area contributed by atoms with Crippen molar-refractivity contribution in [2.45, 2.75) is 128 Å². The Hall–Kier alpha value is -6.03. The number of anilines is 4. The van der Waals surface area contributed by atoms with Crippen LogP contribution in [0.3, 0.4) is 0 Å². The Morgan fingerprint density at radius 3 is 2.15 bits per heavy atom. The maximum Gasteiger partial charge on any atom is 0.0537 e. The van der Waals surface area contributed by atoms with Crippen molar-refractivity contribution in [2.75, 3.05) is 10.2 Å². The molecule has 4 aliphatic carbocycles. The number of nitrogens with zero attached hydrogens (tertiary/aromatic N) is 1. The maximum absolute atomic E-state index is 5.01. The van der Waals surface area contributed by atoms with Gasteiger partial charge in [-0.2, -0.15) is 0 Å². The Kier molecular flexibility index (Phi) is 11.6. The lowest BCUT2D eigenvalue weighted by Gasteiger charge is -2.43. The van der Waals surface area contributed by atoms with Gasteiger partial charge in [0.15, 0.2) is 0 Å². The monoisotopic (exact) mass is 909 g/mol. The highest BCUT2D eigenvalue weighted by molar-refractivity contribution is 7.80. The minimum Gasteiger partial charge on any atom is -0.355 e. The Balaban J connectivity index is 1.36. The quantitative estimate of drug-likeness (QED) is 0.148. The zero-order chi connectivity index (χ0) is 47.9. The van der Waals surface area contributed by atoms with Gasteiger partial charge in [0.25, 0.3) is 0 Å². The number of nitrogens with one attached hydrogen (secondary N) is 1. The first-order valence-corrected chi connectivity index (χ1v) is 25.4. The molecule has 0 radical (unpaired) electrons. The zero-order valence-corrected chi connectivity index (χ0v) is 42.9. The average Bonchev–Trinajstić information content (AvgIpc) is 3.55. The summed E-state index contributed by atoms with van der Waals surface area (Å²) in [7, 11) is 0. The zero-order valence-electron chi connectivity index (χ0n) is 42.0. The van der Waals surface area contributed by atoms with E-state index in [-0.39, 0.29) is 16.2 Å². The van der Waals surface area contributed by atoms with Crippen LogP contribution in [-0.2, 0) is 16.2 Å². The minimum atomic E-state index is -0.298. The molecular formula is C65H68N2S. The Morgan fingerprint density at radius 2 is 1.43 bits per heavy atom. The summed E-state index contributed by atoms with van der Waals surface area (Å²) in [5.74, 6) is 0.326. The van der Waals surface area contributed by atoms with E-state index in [0.29, 0.717) is 5.92 Å². The molecule has 1 N–H and O–H groups in total. The van der Waals surface area contributed by atoms with E-state index in [0.717, 1.165) is 59.5 Å². The summed E-state index contributed by atoms with van der Waals surface area (Å²) in [6.45, 7) is 28.3. The lowest BCUT2D eigenvalue weighted by Crippen LogP contribution is -2.34. The molecule has 344 valence electrons. The van der Waals surface area contributed by atoms with Crippen molar-refractivity contribution >= 4 is 46.5 Å². The molecule has 0 saturated heterocycles. The van der Waals surface area contributed by atoms with Crippen molar-refractivity contribution in [3.63, 3.8) is 0 Å².